The van der Waals surface area contributed by atoms with Gasteiger partial charge in [-0.1, -0.05) is 44.4 Å². The summed E-state index contributed by atoms with van der Waals surface area (Å²) in [7, 11) is 0. The third-order valence-electron chi connectivity index (χ3n) is 3.79. The average molecular weight is 231 g/mol. The van der Waals surface area contributed by atoms with Gasteiger partial charge in [-0.15, -0.1) is 0 Å². The van der Waals surface area contributed by atoms with Gasteiger partial charge in [0.25, 0.3) is 5.91 Å². The molecule has 92 valence electrons. The van der Waals surface area contributed by atoms with Gasteiger partial charge in [-0.3, -0.25) is 4.79 Å². The number of rotatable bonds is 3. The maximum atomic E-state index is 12.1. The first-order valence-corrected chi connectivity index (χ1v) is 6.67. The maximum absolute atomic E-state index is 12.1. The second-order valence-corrected chi connectivity index (χ2v) is 4.90. The van der Waals surface area contributed by atoms with Crippen LogP contribution in [0.25, 0.3) is 0 Å². The molecule has 0 bridgehead atoms. The fraction of sp³-hybridized carbons (Fsp3) is 0.533. The van der Waals surface area contributed by atoms with Crippen LogP contribution in [0.3, 0.4) is 0 Å². The number of hydrogen-bond donors (Lipinski definition) is 1. The summed E-state index contributed by atoms with van der Waals surface area (Å²) in [5.41, 5.74) is 0.771. The van der Waals surface area contributed by atoms with Crippen molar-refractivity contribution >= 4 is 5.91 Å². The molecule has 2 heteroatoms. The molecule has 2 rings (SSSR count). The van der Waals surface area contributed by atoms with E-state index in [0.717, 1.165) is 12.0 Å². The van der Waals surface area contributed by atoms with Crippen molar-refractivity contribution in [3.63, 3.8) is 0 Å². The van der Waals surface area contributed by atoms with Gasteiger partial charge in [0.15, 0.2) is 0 Å². The molecule has 0 radical (unpaired) electrons. The van der Waals surface area contributed by atoms with Crippen LogP contribution in [0, 0.1) is 5.92 Å². The first kappa shape index (κ1) is 12.2. The molecule has 1 aliphatic carbocycles. The molecule has 1 N–H and O–H groups in total. The SMILES string of the molecule is CC[C@H]1CCCC[C@H]1NC(=O)c1ccccc1. The zero-order valence-corrected chi connectivity index (χ0v) is 10.5. The lowest BCUT2D eigenvalue weighted by Crippen LogP contribution is -2.41. The molecule has 0 aliphatic heterocycles. The van der Waals surface area contributed by atoms with Gasteiger partial charge in [-0.05, 0) is 30.9 Å². The number of nitrogens with one attached hydrogen (secondary N) is 1. The molecule has 2 nitrogen and oxygen atoms in total. The molecule has 1 fully saturated rings. The minimum Gasteiger partial charge on any atom is -0.349 e. The number of benzene rings is 1. The summed E-state index contributed by atoms with van der Waals surface area (Å²) in [5.74, 6) is 0.743. The Balaban J connectivity index is 1.98. The van der Waals surface area contributed by atoms with Crippen LogP contribution in [0.5, 0.6) is 0 Å². The normalized spacial score (nSPS) is 24.3. The molecule has 1 aromatic carbocycles. The zero-order chi connectivity index (χ0) is 12.1. The van der Waals surface area contributed by atoms with Gasteiger partial charge in [0.05, 0.1) is 0 Å². The molecule has 1 amide bonds. The largest absolute Gasteiger partial charge is 0.349 e. The lowest BCUT2D eigenvalue weighted by atomic mass is 9.83. The van der Waals surface area contributed by atoms with Crippen molar-refractivity contribution in [2.24, 2.45) is 5.92 Å². The van der Waals surface area contributed by atoms with Crippen molar-refractivity contribution < 1.29 is 4.79 Å². The van der Waals surface area contributed by atoms with E-state index < -0.39 is 0 Å². The van der Waals surface area contributed by atoms with E-state index in [1.165, 1.54) is 25.7 Å². The molecule has 0 unspecified atom stereocenters. The predicted octanol–water partition coefficient (Wildman–Crippen LogP) is 3.39. The van der Waals surface area contributed by atoms with Crippen LogP contribution in [0.2, 0.25) is 0 Å². The van der Waals surface area contributed by atoms with Crippen LogP contribution in [-0.2, 0) is 0 Å². The molecule has 0 aromatic heterocycles. The van der Waals surface area contributed by atoms with Crippen LogP contribution >= 0.6 is 0 Å². The highest BCUT2D eigenvalue weighted by atomic mass is 16.1. The van der Waals surface area contributed by atoms with E-state index in [9.17, 15) is 4.79 Å². The minimum atomic E-state index is 0.0796. The summed E-state index contributed by atoms with van der Waals surface area (Å²) in [6, 6.07) is 9.88. The molecule has 2 atom stereocenters. The summed E-state index contributed by atoms with van der Waals surface area (Å²) >= 11 is 0. The molecule has 0 saturated heterocycles. The lowest BCUT2D eigenvalue weighted by Gasteiger charge is -2.31. The van der Waals surface area contributed by atoms with Gasteiger partial charge < -0.3 is 5.32 Å². The van der Waals surface area contributed by atoms with Crippen LogP contribution < -0.4 is 5.32 Å². The summed E-state index contributed by atoms with van der Waals surface area (Å²) in [4.78, 5) is 12.1. The number of carbonyl (C=O) groups excluding carboxylic acids is 1. The topological polar surface area (TPSA) is 29.1 Å². The van der Waals surface area contributed by atoms with Crippen LogP contribution in [0.15, 0.2) is 30.3 Å². The number of hydrogen-bond acceptors (Lipinski definition) is 1. The van der Waals surface area contributed by atoms with Crippen LogP contribution in [0.4, 0.5) is 0 Å². The first-order valence-electron chi connectivity index (χ1n) is 6.67. The van der Waals surface area contributed by atoms with Gasteiger partial charge in [-0.25, -0.2) is 0 Å². The summed E-state index contributed by atoms with van der Waals surface area (Å²) in [6.07, 6.45) is 6.12. The van der Waals surface area contributed by atoms with Crippen molar-refractivity contribution in [1.29, 1.82) is 0 Å². The Bertz CT molecular complexity index is 360. The van der Waals surface area contributed by atoms with Gasteiger partial charge in [0, 0.05) is 11.6 Å². The third kappa shape index (κ3) is 3.09. The van der Waals surface area contributed by atoms with E-state index in [2.05, 4.69) is 12.2 Å². The second-order valence-electron chi connectivity index (χ2n) is 4.90. The fourth-order valence-corrected chi connectivity index (χ4v) is 2.73. The Morgan fingerprint density at radius 3 is 2.65 bits per heavy atom. The quantitative estimate of drug-likeness (QED) is 0.849. The molecule has 1 saturated carbocycles. The highest BCUT2D eigenvalue weighted by Gasteiger charge is 2.25. The van der Waals surface area contributed by atoms with E-state index in [0.29, 0.717) is 12.0 Å². The zero-order valence-electron chi connectivity index (χ0n) is 10.5. The Kier molecular flexibility index (Phi) is 4.18. The molecule has 1 aliphatic rings. The number of carbonyl (C=O) groups is 1. The van der Waals surface area contributed by atoms with E-state index >= 15 is 0 Å². The molecule has 0 heterocycles. The van der Waals surface area contributed by atoms with Crippen molar-refractivity contribution in [3.8, 4) is 0 Å². The van der Waals surface area contributed by atoms with Crippen molar-refractivity contribution in [1.82, 2.24) is 5.32 Å². The predicted molar refractivity (Wildman–Crippen MR) is 69.9 cm³/mol. The van der Waals surface area contributed by atoms with E-state index in [1.807, 2.05) is 30.3 Å². The maximum Gasteiger partial charge on any atom is 0.251 e. The summed E-state index contributed by atoms with van der Waals surface area (Å²) in [6.45, 7) is 2.22. The standard InChI is InChI=1S/C15H21NO/c1-2-12-8-6-7-11-14(12)16-15(17)13-9-4-3-5-10-13/h3-5,9-10,12,14H,2,6-8,11H2,1H3,(H,16,17)/t12-,14+/m0/s1. The van der Waals surface area contributed by atoms with Gasteiger partial charge in [0.1, 0.15) is 0 Å². The Labute approximate surface area is 103 Å². The van der Waals surface area contributed by atoms with Crippen molar-refractivity contribution in [3.05, 3.63) is 35.9 Å². The third-order valence-corrected chi connectivity index (χ3v) is 3.79. The smallest absolute Gasteiger partial charge is 0.251 e. The number of amides is 1. The summed E-state index contributed by atoms with van der Waals surface area (Å²) < 4.78 is 0. The highest BCUT2D eigenvalue weighted by Crippen LogP contribution is 2.26. The average Bonchev–Trinajstić information content (AvgIpc) is 2.40. The van der Waals surface area contributed by atoms with Gasteiger partial charge >= 0.3 is 0 Å². The monoisotopic (exact) mass is 231 g/mol. The van der Waals surface area contributed by atoms with Crippen molar-refractivity contribution in [2.75, 3.05) is 0 Å². The Morgan fingerprint density at radius 2 is 1.94 bits per heavy atom. The van der Waals surface area contributed by atoms with E-state index in [-0.39, 0.29) is 5.91 Å². The molecular formula is C15H21NO. The van der Waals surface area contributed by atoms with E-state index in [4.69, 9.17) is 0 Å². The summed E-state index contributed by atoms with van der Waals surface area (Å²) in [5, 5.41) is 3.20. The first-order chi connectivity index (χ1) is 8.31. The minimum absolute atomic E-state index is 0.0796. The van der Waals surface area contributed by atoms with Gasteiger partial charge in [-0.2, -0.15) is 0 Å². The Morgan fingerprint density at radius 1 is 1.24 bits per heavy atom. The van der Waals surface area contributed by atoms with Crippen LogP contribution in [-0.4, -0.2) is 11.9 Å². The van der Waals surface area contributed by atoms with Gasteiger partial charge in [0.2, 0.25) is 0 Å². The molecular weight excluding hydrogens is 210 g/mol. The fourth-order valence-electron chi connectivity index (χ4n) is 2.73. The van der Waals surface area contributed by atoms with Crippen LogP contribution in [0.1, 0.15) is 49.4 Å². The van der Waals surface area contributed by atoms with Crippen molar-refractivity contribution in [2.45, 2.75) is 45.1 Å². The molecule has 1 aromatic rings. The molecule has 0 spiro atoms. The van der Waals surface area contributed by atoms with E-state index in [1.54, 1.807) is 0 Å². The second kappa shape index (κ2) is 5.85. The molecule has 17 heavy (non-hydrogen) atoms. The lowest BCUT2D eigenvalue weighted by molar-refractivity contribution is 0.0904. The highest BCUT2D eigenvalue weighted by molar-refractivity contribution is 5.94. The Hall–Kier alpha value is -1.31.